The number of ether oxygens (including phenoxy) is 2. The predicted octanol–water partition coefficient (Wildman–Crippen LogP) is 0.617. The van der Waals surface area contributed by atoms with Gasteiger partial charge in [-0.1, -0.05) is 0 Å². The molecule has 2 N–H and O–H groups in total. The second kappa shape index (κ2) is 7.81. The smallest absolute Gasteiger partial charge is 0.336 e. The zero-order chi connectivity index (χ0) is 15.1. The predicted molar refractivity (Wildman–Crippen MR) is 70.6 cm³/mol. The summed E-state index contributed by atoms with van der Waals surface area (Å²) in [6.45, 7) is -0.614. The summed E-state index contributed by atoms with van der Waals surface area (Å²) in [5.41, 5.74) is 0. The molecule has 0 spiro atoms. The number of amides is 1. The molecule has 0 aliphatic rings. The summed E-state index contributed by atoms with van der Waals surface area (Å²) in [5.74, 6) is -1.51. The Morgan fingerprint density at radius 2 is 2.20 bits per heavy atom. The highest BCUT2D eigenvalue weighted by Gasteiger charge is 2.16. The Balaban J connectivity index is 2.38. The van der Waals surface area contributed by atoms with Crippen LogP contribution in [0.3, 0.4) is 0 Å². The molecule has 0 saturated carbocycles. The van der Waals surface area contributed by atoms with Crippen molar-refractivity contribution in [3.05, 3.63) is 28.5 Å². The summed E-state index contributed by atoms with van der Waals surface area (Å²) >= 11 is 3.09. The second-order valence-corrected chi connectivity index (χ2v) is 4.56. The third-order valence-corrected chi connectivity index (χ3v) is 2.84. The molecule has 0 aliphatic heterocycles. The standard InChI is InChI=1S/C12H13BrFNO5/c1-19-12(18)9(16)5-15-11(17)6-20-10-3-2-7(14)4-8(10)13/h2-4,9,16H,5-6H2,1H3,(H,15,17). The molecule has 6 nitrogen and oxygen atoms in total. The molecule has 1 amide bonds. The molecule has 1 rings (SSSR count). The number of aliphatic hydroxyl groups excluding tert-OH is 1. The van der Waals surface area contributed by atoms with Crippen molar-refractivity contribution < 1.29 is 28.6 Å². The minimum Gasteiger partial charge on any atom is -0.483 e. The first-order valence-electron chi connectivity index (χ1n) is 5.54. The van der Waals surface area contributed by atoms with Gasteiger partial charge in [0.15, 0.2) is 12.7 Å². The molecule has 8 heteroatoms. The molecule has 0 aromatic heterocycles. The first-order valence-corrected chi connectivity index (χ1v) is 6.33. The van der Waals surface area contributed by atoms with Crippen LogP contribution in [0.15, 0.2) is 22.7 Å². The van der Waals surface area contributed by atoms with Gasteiger partial charge in [0, 0.05) is 0 Å². The Kier molecular flexibility index (Phi) is 6.40. The summed E-state index contributed by atoms with van der Waals surface area (Å²) in [4.78, 5) is 22.3. The van der Waals surface area contributed by atoms with Crippen molar-refractivity contribution in [2.75, 3.05) is 20.3 Å². The van der Waals surface area contributed by atoms with E-state index in [2.05, 4.69) is 26.0 Å². The van der Waals surface area contributed by atoms with Crippen LogP contribution in [0.4, 0.5) is 4.39 Å². The van der Waals surface area contributed by atoms with E-state index in [1.807, 2.05) is 0 Å². The van der Waals surface area contributed by atoms with Crippen LogP contribution in [0.25, 0.3) is 0 Å². The van der Waals surface area contributed by atoms with E-state index in [0.717, 1.165) is 7.11 Å². The van der Waals surface area contributed by atoms with Crippen LogP contribution in [-0.4, -0.2) is 43.3 Å². The number of benzene rings is 1. The van der Waals surface area contributed by atoms with E-state index < -0.39 is 23.8 Å². The maximum atomic E-state index is 12.8. The molecule has 0 saturated heterocycles. The number of hydrogen-bond acceptors (Lipinski definition) is 5. The summed E-state index contributed by atoms with van der Waals surface area (Å²) in [6.07, 6.45) is -1.43. The fourth-order valence-electron chi connectivity index (χ4n) is 1.22. The first kappa shape index (κ1) is 16.4. The van der Waals surface area contributed by atoms with Gasteiger partial charge in [0.25, 0.3) is 5.91 Å². The fraction of sp³-hybridized carbons (Fsp3) is 0.333. The Morgan fingerprint density at radius 3 is 2.80 bits per heavy atom. The van der Waals surface area contributed by atoms with Crippen LogP contribution in [-0.2, 0) is 14.3 Å². The highest BCUT2D eigenvalue weighted by atomic mass is 79.9. The van der Waals surface area contributed by atoms with E-state index in [1.54, 1.807) is 0 Å². The minimum absolute atomic E-state index is 0.278. The van der Waals surface area contributed by atoms with Gasteiger partial charge in [0.1, 0.15) is 11.6 Å². The number of methoxy groups -OCH3 is 1. The zero-order valence-electron chi connectivity index (χ0n) is 10.6. The lowest BCUT2D eigenvalue weighted by Gasteiger charge is -2.11. The van der Waals surface area contributed by atoms with Crippen LogP contribution >= 0.6 is 15.9 Å². The second-order valence-electron chi connectivity index (χ2n) is 3.71. The normalized spacial score (nSPS) is 11.6. The van der Waals surface area contributed by atoms with Gasteiger partial charge in [0.2, 0.25) is 0 Å². The molecule has 1 aromatic carbocycles. The number of aliphatic hydroxyl groups is 1. The molecule has 1 unspecified atom stereocenters. The van der Waals surface area contributed by atoms with Gasteiger partial charge in [-0.25, -0.2) is 9.18 Å². The molecule has 1 aromatic rings. The summed E-state index contributed by atoms with van der Waals surface area (Å²) in [6, 6.07) is 3.77. The van der Waals surface area contributed by atoms with E-state index in [-0.39, 0.29) is 13.2 Å². The number of carbonyl (C=O) groups is 2. The number of carbonyl (C=O) groups excluding carboxylic acids is 2. The van der Waals surface area contributed by atoms with Gasteiger partial charge in [0.05, 0.1) is 18.1 Å². The van der Waals surface area contributed by atoms with Crippen molar-refractivity contribution in [3.8, 4) is 5.75 Å². The molecule has 110 valence electrons. The summed E-state index contributed by atoms with van der Waals surface area (Å²) in [5, 5.41) is 11.5. The van der Waals surface area contributed by atoms with Crippen molar-refractivity contribution in [1.29, 1.82) is 0 Å². The lowest BCUT2D eigenvalue weighted by Crippen LogP contribution is -2.39. The van der Waals surface area contributed by atoms with Gasteiger partial charge < -0.3 is 19.9 Å². The van der Waals surface area contributed by atoms with Gasteiger partial charge in [-0.2, -0.15) is 0 Å². The first-order chi connectivity index (χ1) is 9.43. The highest BCUT2D eigenvalue weighted by Crippen LogP contribution is 2.25. The van der Waals surface area contributed by atoms with E-state index in [1.165, 1.54) is 18.2 Å². The van der Waals surface area contributed by atoms with Crippen molar-refractivity contribution in [1.82, 2.24) is 5.32 Å². The van der Waals surface area contributed by atoms with E-state index in [4.69, 9.17) is 4.74 Å². The van der Waals surface area contributed by atoms with Crippen molar-refractivity contribution >= 4 is 27.8 Å². The number of esters is 1. The number of hydrogen-bond donors (Lipinski definition) is 2. The molecule has 0 aliphatic carbocycles. The molecule has 0 radical (unpaired) electrons. The Morgan fingerprint density at radius 1 is 1.50 bits per heavy atom. The maximum Gasteiger partial charge on any atom is 0.336 e. The van der Waals surface area contributed by atoms with Crippen LogP contribution in [0.5, 0.6) is 5.75 Å². The third-order valence-electron chi connectivity index (χ3n) is 2.22. The molecular weight excluding hydrogens is 337 g/mol. The molecule has 0 heterocycles. The van der Waals surface area contributed by atoms with E-state index in [0.29, 0.717) is 10.2 Å². The summed E-state index contributed by atoms with van der Waals surface area (Å²) < 4.78 is 22.6. The largest absolute Gasteiger partial charge is 0.483 e. The SMILES string of the molecule is COC(=O)C(O)CNC(=O)COc1ccc(F)cc1Br. The highest BCUT2D eigenvalue weighted by molar-refractivity contribution is 9.10. The van der Waals surface area contributed by atoms with Crippen LogP contribution in [0.1, 0.15) is 0 Å². The Bertz CT molecular complexity index is 497. The number of halogens is 2. The lowest BCUT2D eigenvalue weighted by molar-refractivity contribution is -0.150. The van der Waals surface area contributed by atoms with E-state index in [9.17, 15) is 19.1 Å². The molecular formula is C12H13BrFNO5. The topological polar surface area (TPSA) is 84.9 Å². The Labute approximate surface area is 123 Å². The fourth-order valence-corrected chi connectivity index (χ4v) is 1.68. The van der Waals surface area contributed by atoms with Gasteiger partial charge in [-0.15, -0.1) is 0 Å². The molecule has 1 atom stereocenters. The third kappa shape index (κ3) is 5.14. The quantitative estimate of drug-likeness (QED) is 0.735. The average molecular weight is 350 g/mol. The van der Waals surface area contributed by atoms with Gasteiger partial charge in [-0.3, -0.25) is 4.79 Å². The van der Waals surface area contributed by atoms with Gasteiger partial charge in [-0.05, 0) is 34.1 Å². The van der Waals surface area contributed by atoms with Crippen LogP contribution in [0, 0.1) is 5.82 Å². The molecule has 0 fully saturated rings. The van der Waals surface area contributed by atoms with Gasteiger partial charge >= 0.3 is 5.97 Å². The van der Waals surface area contributed by atoms with E-state index >= 15 is 0 Å². The number of nitrogens with one attached hydrogen (secondary N) is 1. The summed E-state index contributed by atoms with van der Waals surface area (Å²) in [7, 11) is 1.13. The van der Waals surface area contributed by atoms with Crippen molar-refractivity contribution in [2.45, 2.75) is 6.10 Å². The molecule has 0 bridgehead atoms. The number of rotatable bonds is 6. The molecule has 20 heavy (non-hydrogen) atoms. The van der Waals surface area contributed by atoms with Crippen molar-refractivity contribution in [3.63, 3.8) is 0 Å². The average Bonchev–Trinajstić information content (AvgIpc) is 2.42. The Hall–Kier alpha value is -1.67. The maximum absolute atomic E-state index is 12.8. The van der Waals surface area contributed by atoms with Crippen LogP contribution in [0.2, 0.25) is 0 Å². The lowest BCUT2D eigenvalue weighted by atomic mass is 10.3. The zero-order valence-corrected chi connectivity index (χ0v) is 12.1. The van der Waals surface area contributed by atoms with Crippen molar-refractivity contribution in [2.24, 2.45) is 0 Å². The minimum atomic E-state index is -1.43. The van der Waals surface area contributed by atoms with Crippen LogP contribution < -0.4 is 10.1 Å². The monoisotopic (exact) mass is 349 g/mol.